The van der Waals surface area contributed by atoms with Crippen LogP contribution >= 0.6 is 0 Å². The first-order chi connectivity index (χ1) is 12.1. The molecular weight excluding hydrogens is 320 g/mol. The number of aliphatic carboxylic acids is 1. The van der Waals surface area contributed by atoms with Crippen LogP contribution in [0, 0.1) is 11.3 Å². The van der Waals surface area contributed by atoms with E-state index < -0.39 is 18.4 Å². The van der Waals surface area contributed by atoms with Crippen molar-refractivity contribution in [3.8, 4) is 6.07 Å². The van der Waals surface area contributed by atoms with Crippen molar-refractivity contribution in [3.63, 3.8) is 0 Å². The van der Waals surface area contributed by atoms with Crippen LogP contribution in [0.5, 0.6) is 0 Å². The van der Waals surface area contributed by atoms with Crippen molar-refractivity contribution < 1.29 is 14.7 Å². The predicted octanol–water partition coefficient (Wildman–Crippen LogP) is 2.45. The van der Waals surface area contributed by atoms with E-state index in [1.807, 2.05) is 42.5 Å². The third-order valence-corrected chi connectivity index (χ3v) is 3.10. The van der Waals surface area contributed by atoms with Gasteiger partial charge < -0.3 is 21.1 Å². The molecule has 0 aromatic heterocycles. The fraction of sp³-hybridized carbons (Fsp3) is 0.0556. The lowest BCUT2D eigenvalue weighted by molar-refractivity contribution is -0.137. The van der Waals surface area contributed by atoms with Crippen molar-refractivity contribution in [2.75, 3.05) is 17.2 Å². The molecular formula is C18H16N4O3. The summed E-state index contributed by atoms with van der Waals surface area (Å²) in [4.78, 5) is 22.1. The van der Waals surface area contributed by atoms with Crippen molar-refractivity contribution in [2.45, 2.75) is 0 Å². The molecule has 1 amide bonds. The number of benzene rings is 2. The fourth-order valence-electron chi connectivity index (χ4n) is 1.89. The molecule has 0 aliphatic carbocycles. The molecule has 0 saturated carbocycles. The lowest BCUT2D eigenvalue weighted by atomic mass is 10.2. The number of carbonyl (C=O) groups is 2. The van der Waals surface area contributed by atoms with Crippen LogP contribution in [0.4, 0.5) is 17.1 Å². The molecule has 0 heterocycles. The summed E-state index contributed by atoms with van der Waals surface area (Å²) in [5.41, 5.74) is 2.32. The summed E-state index contributed by atoms with van der Waals surface area (Å²) < 4.78 is 0. The second-order valence-corrected chi connectivity index (χ2v) is 4.96. The molecule has 0 aliphatic rings. The van der Waals surface area contributed by atoms with Crippen LogP contribution in [0.25, 0.3) is 0 Å². The minimum absolute atomic E-state index is 0.215. The quantitative estimate of drug-likeness (QED) is 0.456. The molecule has 2 rings (SSSR count). The summed E-state index contributed by atoms with van der Waals surface area (Å²) in [7, 11) is 0. The fourth-order valence-corrected chi connectivity index (χ4v) is 1.89. The van der Waals surface area contributed by atoms with Crippen LogP contribution in [0.3, 0.4) is 0 Å². The number of hydrogen-bond donors (Lipinski definition) is 4. The summed E-state index contributed by atoms with van der Waals surface area (Å²) in [6, 6.07) is 18.7. The highest BCUT2D eigenvalue weighted by molar-refractivity contribution is 5.98. The van der Waals surface area contributed by atoms with E-state index >= 15 is 0 Å². The first-order valence-corrected chi connectivity index (χ1v) is 7.37. The molecule has 4 N–H and O–H groups in total. The van der Waals surface area contributed by atoms with Crippen LogP contribution in [0.1, 0.15) is 0 Å². The molecule has 0 fully saturated rings. The Hall–Kier alpha value is -3.79. The van der Waals surface area contributed by atoms with Crippen LogP contribution in [0.2, 0.25) is 0 Å². The van der Waals surface area contributed by atoms with Crippen LogP contribution in [-0.2, 0) is 9.59 Å². The van der Waals surface area contributed by atoms with Gasteiger partial charge in [0.2, 0.25) is 0 Å². The molecule has 0 spiro atoms. The molecule has 25 heavy (non-hydrogen) atoms. The molecule has 0 bridgehead atoms. The Morgan fingerprint density at radius 1 is 1.00 bits per heavy atom. The Morgan fingerprint density at radius 3 is 2.20 bits per heavy atom. The predicted molar refractivity (Wildman–Crippen MR) is 94.1 cm³/mol. The first kappa shape index (κ1) is 17.6. The van der Waals surface area contributed by atoms with E-state index in [2.05, 4.69) is 16.0 Å². The first-order valence-electron chi connectivity index (χ1n) is 7.37. The SMILES string of the molecule is N#C/C(=C/Nc1ccc(Nc2ccccc2)cc1)C(=O)NCC(=O)O. The summed E-state index contributed by atoms with van der Waals surface area (Å²) in [5, 5.41) is 25.7. The van der Waals surface area contributed by atoms with E-state index in [4.69, 9.17) is 10.4 Å². The van der Waals surface area contributed by atoms with Gasteiger partial charge in [-0.3, -0.25) is 9.59 Å². The molecule has 126 valence electrons. The summed E-state index contributed by atoms with van der Waals surface area (Å²) in [5.74, 6) is -1.93. The zero-order chi connectivity index (χ0) is 18.1. The second-order valence-electron chi connectivity index (χ2n) is 4.96. The van der Waals surface area contributed by atoms with Gasteiger partial charge in [-0.15, -0.1) is 0 Å². The maximum atomic E-state index is 11.6. The number of anilines is 3. The third kappa shape index (κ3) is 5.73. The van der Waals surface area contributed by atoms with Crippen molar-refractivity contribution in [2.24, 2.45) is 0 Å². The summed E-state index contributed by atoms with van der Waals surface area (Å²) >= 11 is 0. The lowest BCUT2D eigenvalue weighted by Crippen LogP contribution is -2.30. The number of carbonyl (C=O) groups excluding carboxylic acids is 1. The highest BCUT2D eigenvalue weighted by Crippen LogP contribution is 2.18. The molecule has 0 radical (unpaired) electrons. The number of rotatable bonds is 7. The van der Waals surface area contributed by atoms with Gasteiger partial charge in [0.15, 0.2) is 0 Å². The normalized spacial score (nSPS) is 10.4. The Morgan fingerprint density at radius 2 is 1.60 bits per heavy atom. The Labute approximate surface area is 144 Å². The van der Waals surface area contributed by atoms with Crippen LogP contribution in [-0.4, -0.2) is 23.5 Å². The molecule has 0 saturated heterocycles. The van der Waals surface area contributed by atoms with Crippen molar-refractivity contribution in [3.05, 3.63) is 66.4 Å². The van der Waals surface area contributed by atoms with Crippen LogP contribution in [0.15, 0.2) is 66.4 Å². The standard InChI is InChI=1S/C18H16N4O3/c19-10-13(18(25)21-12-17(23)24)11-20-14-6-8-16(9-7-14)22-15-4-2-1-3-5-15/h1-9,11,20,22H,12H2,(H,21,25)(H,23,24)/b13-11-. The van der Waals surface area contributed by atoms with Crippen molar-refractivity contribution in [1.29, 1.82) is 5.26 Å². The van der Waals surface area contributed by atoms with Gasteiger partial charge in [0.05, 0.1) is 0 Å². The minimum Gasteiger partial charge on any atom is -0.480 e. The molecule has 2 aromatic carbocycles. The van der Waals surface area contributed by atoms with E-state index in [1.54, 1.807) is 18.2 Å². The van der Waals surface area contributed by atoms with E-state index in [0.29, 0.717) is 5.69 Å². The monoisotopic (exact) mass is 336 g/mol. The number of para-hydroxylation sites is 1. The number of carboxylic acid groups (broad SMARTS) is 1. The molecule has 0 unspecified atom stereocenters. The summed E-state index contributed by atoms with van der Waals surface area (Å²) in [6.07, 6.45) is 1.23. The Bertz CT molecular complexity index is 808. The molecule has 7 nitrogen and oxygen atoms in total. The molecule has 7 heteroatoms. The van der Waals surface area contributed by atoms with Crippen molar-refractivity contribution >= 4 is 28.9 Å². The number of nitrogens with one attached hydrogen (secondary N) is 3. The zero-order valence-corrected chi connectivity index (χ0v) is 13.2. The molecule has 2 aromatic rings. The van der Waals surface area contributed by atoms with E-state index in [1.165, 1.54) is 6.20 Å². The average molecular weight is 336 g/mol. The molecule has 0 atom stereocenters. The summed E-state index contributed by atoms with van der Waals surface area (Å²) in [6.45, 7) is -0.544. The number of carboxylic acids is 1. The van der Waals surface area contributed by atoms with E-state index in [-0.39, 0.29) is 5.57 Å². The third-order valence-electron chi connectivity index (χ3n) is 3.10. The zero-order valence-electron chi connectivity index (χ0n) is 13.2. The van der Waals surface area contributed by atoms with Gasteiger partial charge in [-0.05, 0) is 36.4 Å². The lowest BCUT2D eigenvalue weighted by Gasteiger charge is -2.08. The maximum absolute atomic E-state index is 11.6. The smallest absolute Gasteiger partial charge is 0.322 e. The van der Waals surface area contributed by atoms with Crippen LogP contribution < -0.4 is 16.0 Å². The minimum atomic E-state index is -1.18. The Kier molecular flexibility index (Phi) is 6.14. The largest absolute Gasteiger partial charge is 0.480 e. The van der Waals surface area contributed by atoms with Gasteiger partial charge in [0.25, 0.3) is 5.91 Å². The number of nitrogens with zero attached hydrogens (tertiary/aromatic N) is 1. The van der Waals surface area contributed by atoms with E-state index in [9.17, 15) is 9.59 Å². The van der Waals surface area contributed by atoms with Gasteiger partial charge in [0.1, 0.15) is 18.2 Å². The molecule has 0 aliphatic heterocycles. The highest BCUT2D eigenvalue weighted by Gasteiger charge is 2.09. The van der Waals surface area contributed by atoms with Crippen molar-refractivity contribution in [1.82, 2.24) is 5.32 Å². The van der Waals surface area contributed by atoms with Gasteiger partial charge in [-0.25, -0.2) is 0 Å². The second kappa shape index (κ2) is 8.74. The maximum Gasteiger partial charge on any atom is 0.322 e. The highest BCUT2D eigenvalue weighted by atomic mass is 16.4. The van der Waals surface area contributed by atoms with E-state index in [0.717, 1.165) is 11.4 Å². The van der Waals surface area contributed by atoms with Gasteiger partial charge in [-0.1, -0.05) is 18.2 Å². The number of hydrogen-bond acceptors (Lipinski definition) is 5. The number of nitriles is 1. The Balaban J connectivity index is 1.96. The van der Waals surface area contributed by atoms with Gasteiger partial charge in [0, 0.05) is 23.3 Å². The van der Waals surface area contributed by atoms with Gasteiger partial charge in [-0.2, -0.15) is 5.26 Å². The van der Waals surface area contributed by atoms with Gasteiger partial charge >= 0.3 is 5.97 Å². The average Bonchev–Trinajstić information content (AvgIpc) is 2.62. The number of amides is 1. The topological polar surface area (TPSA) is 114 Å².